The Morgan fingerprint density at radius 2 is 2.11 bits per heavy atom. The van der Waals surface area contributed by atoms with Gasteiger partial charge in [0.2, 0.25) is 0 Å². The average molecular weight is 260 g/mol. The molecule has 0 bridgehead atoms. The van der Waals surface area contributed by atoms with Crippen LogP contribution in [0.5, 0.6) is 0 Å². The molecule has 0 unspecified atom stereocenters. The maximum Gasteiger partial charge on any atom is 0.290 e. The molecule has 0 aliphatic heterocycles. The summed E-state index contributed by atoms with van der Waals surface area (Å²) in [7, 11) is 0. The molecule has 0 spiro atoms. The number of benzene rings is 1. The standard InChI is InChI=1S/C13H16N4O2/c18-6-2-5-14-13-15-11-7-9-3-1-4-10(9)8-12(11)17(19)16-13/h7-8,18H,1-6H2,(H,14,15,16). The summed E-state index contributed by atoms with van der Waals surface area (Å²) in [5, 5.41) is 27.4. The number of anilines is 1. The molecular formula is C13H16N4O2. The zero-order chi connectivity index (χ0) is 13.2. The van der Waals surface area contributed by atoms with Gasteiger partial charge in [-0.1, -0.05) is 0 Å². The first-order valence-electron chi connectivity index (χ1n) is 6.56. The largest absolute Gasteiger partial charge is 0.594 e. The summed E-state index contributed by atoms with van der Waals surface area (Å²) in [6.07, 6.45) is 3.83. The van der Waals surface area contributed by atoms with E-state index in [1.807, 2.05) is 12.1 Å². The molecule has 1 aliphatic carbocycles. The lowest BCUT2D eigenvalue weighted by Crippen LogP contribution is -2.34. The summed E-state index contributed by atoms with van der Waals surface area (Å²) in [6, 6.07) is 3.90. The van der Waals surface area contributed by atoms with Gasteiger partial charge in [-0.25, -0.2) is 4.98 Å². The van der Waals surface area contributed by atoms with E-state index in [2.05, 4.69) is 15.4 Å². The van der Waals surface area contributed by atoms with Crippen LogP contribution in [0.2, 0.25) is 0 Å². The number of hydrogen-bond donors (Lipinski definition) is 2. The van der Waals surface area contributed by atoms with Crippen molar-refractivity contribution in [3.05, 3.63) is 28.5 Å². The molecule has 1 heterocycles. The summed E-state index contributed by atoms with van der Waals surface area (Å²) in [5.41, 5.74) is 3.72. The molecule has 19 heavy (non-hydrogen) atoms. The molecule has 0 amide bonds. The summed E-state index contributed by atoms with van der Waals surface area (Å²) < 4.78 is 0. The summed E-state index contributed by atoms with van der Waals surface area (Å²) >= 11 is 0. The predicted molar refractivity (Wildman–Crippen MR) is 70.7 cm³/mol. The second-order valence-corrected chi connectivity index (χ2v) is 4.78. The number of rotatable bonds is 4. The number of fused-ring (bicyclic) bond motifs is 2. The highest BCUT2D eigenvalue weighted by atomic mass is 16.5. The molecule has 2 aromatic rings. The van der Waals surface area contributed by atoms with Crippen molar-refractivity contribution >= 4 is 17.0 Å². The van der Waals surface area contributed by atoms with E-state index in [1.165, 1.54) is 11.1 Å². The van der Waals surface area contributed by atoms with Crippen LogP contribution in [0.15, 0.2) is 12.1 Å². The smallest absolute Gasteiger partial charge is 0.290 e. The van der Waals surface area contributed by atoms with Crippen LogP contribution in [-0.4, -0.2) is 28.3 Å². The first kappa shape index (κ1) is 12.1. The van der Waals surface area contributed by atoms with E-state index in [0.29, 0.717) is 34.8 Å². The van der Waals surface area contributed by atoms with Gasteiger partial charge in [0.25, 0.3) is 11.5 Å². The van der Waals surface area contributed by atoms with E-state index in [0.717, 1.165) is 19.3 Å². The molecule has 0 saturated heterocycles. The molecule has 2 N–H and O–H groups in total. The van der Waals surface area contributed by atoms with Gasteiger partial charge in [0.15, 0.2) is 0 Å². The van der Waals surface area contributed by atoms with E-state index < -0.39 is 0 Å². The number of aliphatic hydroxyl groups excluding tert-OH is 1. The van der Waals surface area contributed by atoms with Crippen molar-refractivity contribution in [1.29, 1.82) is 0 Å². The Morgan fingerprint density at radius 3 is 2.89 bits per heavy atom. The molecule has 1 aromatic heterocycles. The molecule has 0 fully saturated rings. The van der Waals surface area contributed by atoms with E-state index >= 15 is 0 Å². The topological polar surface area (TPSA) is 85.0 Å². The minimum absolute atomic E-state index is 0.103. The summed E-state index contributed by atoms with van der Waals surface area (Å²) in [6.45, 7) is 0.651. The van der Waals surface area contributed by atoms with Gasteiger partial charge >= 0.3 is 0 Å². The van der Waals surface area contributed by atoms with Crippen molar-refractivity contribution in [1.82, 2.24) is 10.1 Å². The van der Waals surface area contributed by atoms with E-state index in [9.17, 15) is 5.21 Å². The second kappa shape index (κ2) is 4.97. The fraction of sp³-hybridized carbons (Fsp3) is 0.462. The van der Waals surface area contributed by atoms with Crippen molar-refractivity contribution < 1.29 is 9.95 Å². The number of nitrogens with zero attached hydrogens (tertiary/aromatic N) is 3. The highest BCUT2D eigenvalue weighted by molar-refractivity contribution is 5.74. The zero-order valence-corrected chi connectivity index (χ0v) is 10.6. The molecule has 0 radical (unpaired) electrons. The third kappa shape index (κ3) is 2.31. The van der Waals surface area contributed by atoms with Crippen LogP contribution in [0.4, 0.5) is 5.95 Å². The Hall–Kier alpha value is -1.95. The van der Waals surface area contributed by atoms with Crippen molar-refractivity contribution in [2.24, 2.45) is 0 Å². The third-order valence-electron chi connectivity index (χ3n) is 3.43. The molecule has 100 valence electrons. The highest BCUT2D eigenvalue weighted by Gasteiger charge is 2.17. The molecule has 0 saturated carbocycles. The van der Waals surface area contributed by atoms with Gasteiger partial charge in [0.05, 0.1) is 5.10 Å². The number of nitrogens with one attached hydrogen (secondary N) is 1. The number of aryl methyl sites for hydroxylation is 2. The average Bonchev–Trinajstić information content (AvgIpc) is 2.84. The van der Waals surface area contributed by atoms with Crippen LogP contribution in [0.1, 0.15) is 24.0 Å². The molecule has 6 nitrogen and oxygen atoms in total. The van der Waals surface area contributed by atoms with Gasteiger partial charge in [-0.15, -0.1) is 0 Å². The number of aliphatic hydroxyl groups is 1. The SMILES string of the molecule is [O-][n+]1nc(NCCCO)nc2cc3c(cc21)CCC3. The normalized spacial score (nSPS) is 13.7. The first-order chi connectivity index (χ1) is 9.28. The Morgan fingerprint density at radius 1 is 1.32 bits per heavy atom. The van der Waals surface area contributed by atoms with Gasteiger partial charge in [0.1, 0.15) is 5.52 Å². The van der Waals surface area contributed by atoms with Gasteiger partial charge in [-0.05, 0) is 47.7 Å². The molecular weight excluding hydrogens is 244 g/mol. The monoisotopic (exact) mass is 260 g/mol. The number of hydrogen-bond acceptors (Lipinski definition) is 5. The van der Waals surface area contributed by atoms with E-state index in [1.54, 1.807) is 0 Å². The first-order valence-corrected chi connectivity index (χ1v) is 6.56. The maximum atomic E-state index is 11.9. The van der Waals surface area contributed by atoms with E-state index in [4.69, 9.17) is 5.11 Å². The van der Waals surface area contributed by atoms with Crippen LogP contribution in [0.25, 0.3) is 11.0 Å². The summed E-state index contributed by atoms with van der Waals surface area (Å²) in [4.78, 5) is 4.99. The second-order valence-electron chi connectivity index (χ2n) is 4.78. The Kier molecular flexibility index (Phi) is 3.16. The summed E-state index contributed by atoms with van der Waals surface area (Å²) in [5.74, 6) is 0.314. The quantitative estimate of drug-likeness (QED) is 0.476. The lowest BCUT2D eigenvalue weighted by atomic mass is 10.1. The van der Waals surface area contributed by atoms with Crippen LogP contribution in [0.3, 0.4) is 0 Å². The van der Waals surface area contributed by atoms with Crippen molar-refractivity contribution in [2.75, 3.05) is 18.5 Å². The minimum atomic E-state index is 0.103. The van der Waals surface area contributed by atoms with Crippen LogP contribution in [-0.2, 0) is 12.8 Å². The Bertz CT molecular complexity index is 615. The number of aromatic nitrogens is 3. The fourth-order valence-corrected chi connectivity index (χ4v) is 2.47. The molecule has 0 atom stereocenters. The molecule has 1 aromatic carbocycles. The van der Waals surface area contributed by atoms with Crippen LogP contribution < -0.4 is 10.2 Å². The van der Waals surface area contributed by atoms with Gasteiger partial charge in [-0.3, -0.25) is 0 Å². The van der Waals surface area contributed by atoms with Crippen molar-refractivity contribution in [3.63, 3.8) is 0 Å². The van der Waals surface area contributed by atoms with Crippen LogP contribution in [0, 0.1) is 5.21 Å². The molecule has 3 rings (SSSR count). The van der Waals surface area contributed by atoms with E-state index in [-0.39, 0.29) is 6.61 Å². The highest BCUT2D eigenvalue weighted by Crippen LogP contribution is 2.25. The lowest BCUT2D eigenvalue weighted by Gasteiger charge is -2.06. The zero-order valence-electron chi connectivity index (χ0n) is 10.6. The van der Waals surface area contributed by atoms with Crippen molar-refractivity contribution in [2.45, 2.75) is 25.7 Å². The molecule has 6 heteroatoms. The Labute approximate surface area is 110 Å². The predicted octanol–water partition coefficient (Wildman–Crippen LogP) is 0.546. The van der Waals surface area contributed by atoms with Crippen molar-refractivity contribution in [3.8, 4) is 0 Å². The minimum Gasteiger partial charge on any atom is -0.594 e. The van der Waals surface area contributed by atoms with Gasteiger partial charge in [-0.2, -0.15) is 0 Å². The Balaban J connectivity index is 1.97. The maximum absolute atomic E-state index is 11.9. The van der Waals surface area contributed by atoms with Gasteiger partial charge < -0.3 is 15.6 Å². The lowest BCUT2D eigenvalue weighted by molar-refractivity contribution is -0.641. The van der Waals surface area contributed by atoms with Gasteiger partial charge in [0, 0.05) is 19.2 Å². The van der Waals surface area contributed by atoms with Crippen LogP contribution >= 0.6 is 0 Å². The molecule has 1 aliphatic rings. The fourth-order valence-electron chi connectivity index (χ4n) is 2.47. The third-order valence-corrected chi connectivity index (χ3v) is 3.43.